The van der Waals surface area contributed by atoms with Crippen molar-refractivity contribution in [3.05, 3.63) is 59.2 Å². The molecule has 1 N–H and O–H groups in total. The quantitative estimate of drug-likeness (QED) is 0.912. The Kier molecular flexibility index (Phi) is 5.78. The lowest BCUT2D eigenvalue weighted by Gasteiger charge is -2.34. The molecule has 3 rings (SSSR count). The third kappa shape index (κ3) is 4.55. The highest BCUT2D eigenvalue weighted by Crippen LogP contribution is 2.25. The number of nitrogens with one attached hydrogen (secondary N) is 1. The fourth-order valence-electron chi connectivity index (χ4n) is 3.17. The Hall–Kier alpha value is -2.53. The van der Waals surface area contributed by atoms with Gasteiger partial charge in [0.1, 0.15) is 5.75 Å². The first-order chi connectivity index (χ1) is 12.5. The summed E-state index contributed by atoms with van der Waals surface area (Å²) in [6.45, 7) is 8.25. The number of rotatable bonds is 4. The number of aryl methyl sites for hydroxylation is 2. The van der Waals surface area contributed by atoms with E-state index in [1.54, 1.807) is 7.11 Å². The number of piperazine rings is 1. The Labute approximate surface area is 155 Å². The van der Waals surface area contributed by atoms with Gasteiger partial charge < -0.3 is 15.0 Å². The van der Waals surface area contributed by atoms with Gasteiger partial charge >= 0.3 is 6.03 Å². The lowest BCUT2D eigenvalue weighted by molar-refractivity contribution is 0.143. The van der Waals surface area contributed by atoms with Crippen molar-refractivity contribution in [1.29, 1.82) is 0 Å². The van der Waals surface area contributed by atoms with Crippen molar-refractivity contribution < 1.29 is 9.53 Å². The molecule has 26 heavy (non-hydrogen) atoms. The van der Waals surface area contributed by atoms with Crippen molar-refractivity contribution >= 4 is 11.7 Å². The molecule has 2 amide bonds. The third-order valence-electron chi connectivity index (χ3n) is 4.78. The molecule has 0 saturated carbocycles. The van der Waals surface area contributed by atoms with Crippen LogP contribution < -0.4 is 10.1 Å². The Morgan fingerprint density at radius 1 is 1.00 bits per heavy atom. The van der Waals surface area contributed by atoms with Crippen LogP contribution >= 0.6 is 0 Å². The van der Waals surface area contributed by atoms with Gasteiger partial charge in [0.25, 0.3) is 0 Å². The second kappa shape index (κ2) is 8.23. The Morgan fingerprint density at radius 2 is 1.65 bits per heavy atom. The van der Waals surface area contributed by atoms with Crippen molar-refractivity contribution in [2.24, 2.45) is 0 Å². The molecule has 138 valence electrons. The molecule has 1 heterocycles. The van der Waals surface area contributed by atoms with Gasteiger partial charge in [-0.3, -0.25) is 4.90 Å². The molecule has 0 spiro atoms. The predicted octanol–water partition coefficient (Wildman–Crippen LogP) is 3.66. The number of amides is 2. The molecule has 1 fully saturated rings. The fraction of sp³-hybridized carbons (Fsp3) is 0.381. The van der Waals surface area contributed by atoms with Crippen LogP contribution in [0.2, 0.25) is 0 Å². The minimum Gasteiger partial charge on any atom is -0.495 e. The van der Waals surface area contributed by atoms with Crippen LogP contribution in [0.15, 0.2) is 42.5 Å². The van der Waals surface area contributed by atoms with Gasteiger partial charge in [0.15, 0.2) is 0 Å². The van der Waals surface area contributed by atoms with Gasteiger partial charge in [-0.2, -0.15) is 0 Å². The number of anilines is 1. The van der Waals surface area contributed by atoms with Crippen molar-refractivity contribution in [3.63, 3.8) is 0 Å². The van der Waals surface area contributed by atoms with E-state index in [4.69, 9.17) is 4.74 Å². The van der Waals surface area contributed by atoms with E-state index < -0.39 is 0 Å². The lowest BCUT2D eigenvalue weighted by Crippen LogP contribution is -2.49. The highest BCUT2D eigenvalue weighted by atomic mass is 16.5. The minimum absolute atomic E-state index is 0.0658. The van der Waals surface area contributed by atoms with Gasteiger partial charge in [-0.25, -0.2) is 4.79 Å². The van der Waals surface area contributed by atoms with Crippen LogP contribution in [-0.4, -0.2) is 49.1 Å². The molecule has 1 aliphatic heterocycles. The van der Waals surface area contributed by atoms with E-state index in [-0.39, 0.29) is 6.03 Å². The van der Waals surface area contributed by atoms with Crippen molar-refractivity contribution in [1.82, 2.24) is 9.80 Å². The SMILES string of the molecule is COc1ccc(C)cc1NC(=O)N1CCN(Cc2ccc(C)cc2)CC1. The average molecular weight is 353 g/mol. The standard InChI is InChI=1S/C21H27N3O2/c1-16-4-7-18(8-5-16)15-23-10-12-24(13-11-23)21(25)22-19-14-17(2)6-9-20(19)26-3/h4-9,14H,10-13,15H2,1-3H3,(H,22,25). The monoisotopic (exact) mass is 353 g/mol. The Morgan fingerprint density at radius 3 is 2.31 bits per heavy atom. The molecule has 2 aromatic rings. The number of carbonyl (C=O) groups excluding carboxylic acids is 1. The number of nitrogens with zero attached hydrogens (tertiary/aromatic N) is 2. The lowest BCUT2D eigenvalue weighted by atomic mass is 10.1. The first kappa shape index (κ1) is 18.3. The topological polar surface area (TPSA) is 44.8 Å². The molecule has 0 aromatic heterocycles. The van der Waals surface area contributed by atoms with Gasteiger partial charge in [0.05, 0.1) is 12.8 Å². The van der Waals surface area contributed by atoms with E-state index in [0.29, 0.717) is 5.75 Å². The van der Waals surface area contributed by atoms with Gasteiger partial charge in [-0.05, 0) is 37.1 Å². The predicted molar refractivity (Wildman–Crippen MR) is 105 cm³/mol. The summed E-state index contributed by atoms with van der Waals surface area (Å²) in [5, 5.41) is 2.99. The number of benzene rings is 2. The number of hydrogen-bond acceptors (Lipinski definition) is 3. The summed E-state index contributed by atoms with van der Waals surface area (Å²) in [4.78, 5) is 16.8. The van der Waals surface area contributed by atoms with E-state index in [1.807, 2.05) is 30.0 Å². The van der Waals surface area contributed by atoms with Gasteiger partial charge in [0, 0.05) is 32.7 Å². The van der Waals surface area contributed by atoms with Crippen LogP contribution in [0.4, 0.5) is 10.5 Å². The van der Waals surface area contributed by atoms with E-state index >= 15 is 0 Å². The van der Waals surface area contributed by atoms with Crippen LogP contribution in [0.1, 0.15) is 16.7 Å². The van der Waals surface area contributed by atoms with Crippen molar-refractivity contribution in [2.45, 2.75) is 20.4 Å². The summed E-state index contributed by atoms with van der Waals surface area (Å²) in [5.41, 5.74) is 4.41. The van der Waals surface area contributed by atoms with Gasteiger partial charge in [-0.15, -0.1) is 0 Å². The molecule has 0 unspecified atom stereocenters. The van der Waals surface area contributed by atoms with E-state index in [1.165, 1.54) is 11.1 Å². The average Bonchev–Trinajstić information content (AvgIpc) is 2.64. The second-order valence-electron chi connectivity index (χ2n) is 6.88. The zero-order chi connectivity index (χ0) is 18.5. The molecule has 0 aliphatic carbocycles. The maximum absolute atomic E-state index is 12.6. The summed E-state index contributed by atoms with van der Waals surface area (Å²) < 4.78 is 5.34. The minimum atomic E-state index is -0.0658. The summed E-state index contributed by atoms with van der Waals surface area (Å²) in [6, 6.07) is 14.4. The van der Waals surface area contributed by atoms with E-state index in [2.05, 4.69) is 41.4 Å². The molecular weight excluding hydrogens is 326 g/mol. The van der Waals surface area contributed by atoms with Crippen LogP contribution in [0, 0.1) is 13.8 Å². The molecule has 1 saturated heterocycles. The number of hydrogen-bond donors (Lipinski definition) is 1. The van der Waals surface area contributed by atoms with Crippen LogP contribution in [0.25, 0.3) is 0 Å². The molecular formula is C21H27N3O2. The molecule has 1 aliphatic rings. The van der Waals surface area contributed by atoms with Gasteiger partial charge in [0.2, 0.25) is 0 Å². The largest absolute Gasteiger partial charge is 0.495 e. The first-order valence-corrected chi connectivity index (χ1v) is 9.03. The number of methoxy groups -OCH3 is 1. The number of ether oxygens (including phenoxy) is 1. The Balaban J connectivity index is 1.53. The molecule has 0 radical (unpaired) electrons. The fourth-order valence-corrected chi connectivity index (χ4v) is 3.17. The molecule has 0 atom stereocenters. The summed E-state index contributed by atoms with van der Waals surface area (Å²) in [6.07, 6.45) is 0. The van der Waals surface area contributed by atoms with Gasteiger partial charge in [-0.1, -0.05) is 35.9 Å². The van der Waals surface area contributed by atoms with Crippen molar-refractivity contribution in [2.75, 3.05) is 38.6 Å². The number of carbonyl (C=O) groups is 1. The first-order valence-electron chi connectivity index (χ1n) is 9.03. The summed E-state index contributed by atoms with van der Waals surface area (Å²) in [5.74, 6) is 0.682. The molecule has 5 nitrogen and oxygen atoms in total. The van der Waals surface area contributed by atoms with Crippen LogP contribution in [0.3, 0.4) is 0 Å². The molecule has 0 bridgehead atoms. The van der Waals surface area contributed by atoms with E-state index in [0.717, 1.165) is 44.0 Å². The summed E-state index contributed by atoms with van der Waals surface area (Å²) >= 11 is 0. The Bertz CT molecular complexity index is 750. The van der Waals surface area contributed by atoms with E-state index in [9.17, 15) is 4.79 Å². The number of urea groups is 1. The van der Waals surface area contributed by atoms with Crippen LogP contribution in [0.5, 0.6) is 5.75 Å². The maximum atomic E-state index is 12.6. The maximum Gasteiger partial charge on any atom is 0.322 e. The normalized spacial score (nSPS) is 15.0. The van der Waals surface area contributed by atoms with Crippen LogP contribution in [-0.2, 0) is 6.54 Å². The zero-order valence-electron chi connectivity index (χ0n) is 15.8. The highest BCUT2D eigenvalue weighted by Gasteiger charge is 2.22. The smallest absolute Gasteiger partial charge is 0.322 e. The molecule has 2 aromatic carbocycles. The zero-order valence-corrected chi connectivity index (χ0v) is 15.8. The van der Waals surface area contributed by atoms with Crippen molar-refractivity contribution in [3.8, 4) is 5.75 Å². The highest BCUT2D eigenvalue weighted by molar-refractivity contribution is 5.91. The second-order valence-corrected chi connectivity index (χ2v) is 6.88. The third-order valence-corrected chi connectivity index (χ3v) is 4.78. The summed E-state index contributed by atoms with van der Waals surface area (Å²) in [7, 11) is 1.62. The molecule has 5 heteroatoms.